The molecule has 0 N–H and O–H groups in total. The van der Waals surface area contributed by atoms with E-state index in [0.717, 1.165) is 42.8 Å². The normalized spacial score (nSPS) is 23.1. The highest BCUT2D eigenvalue weighted by Crippen LogP contribution is 2.61. The Kier molecular flexibility index (Phi) is 8.20. The maximum absolute atomic E-state index is 7.63. The van der Waals surface area contributed by atoms with Gasteiger partial charge in [0.15, 0.2) is 5.88 Å². The van der Waals surface area contributed by atoms with Gasteiger partial charge < -0.3 is 14.1 Å². The van der Waals surface area contributed by atoms with Crippen LogP contribution >= 0.6 is 0 Å². The summed E-state index contributed by atoms with van der Waals surface area (Å²) in [6, 6.07) is 28.6. The predicted molar refractivity (Wildman–Crippen MR) is 254 cm³/mol. The van der Waals surface area contributed by atoms with E-state index in [1.165, 1.54) is 72.5 Å². The zero-order chi connectivity index (χ0) is 42.9. The molecule has 5 aliphatic rings. The van der Waals surface area contributed by atoms with Crippen LogP contribution in [0.5, 0.6) is 0 Å². The molecule has 2 atom stereocenters. The molecular formula is C55H67BN2O2. The Hall–Kier alpha value is -4.38. The van der Waals surface area contributed by atoms with Crippen molar-refractivity contribution >= 4 is 57.0 Å². The van der Waals surface area contributed by atoms with Gasteiger partial charge >= 0.3 is 0 Å². The summed E-state index contributed by atoms with van der Waals surface area (Å²) in [5, 5.41) is 1.26. The van der Waals surface area contributed by atoms with Crippen molar-refractivity contribution in [2.24, 2.45) is 16.7 Å². The molecule has 4 aromatic carbocycles. The van der Waals surface area contributed by atoms with Gasteiger partial charge in [0.25, 0.3) is 6.71 Å². The molecule has 4 heterocycles. The average Bonchev–Trinajstić information content (AvgIpc) is 3.76. The van der Waals surface area contributed by atoms with Gasteiger partial charge in [-0.2, -0.15) is 0 Å². The molecule has 0 spiro atoms. The fraction of sp³-hybridized carbons (Fsp3) is 0.491. The number of aryl methyl sites for hydroxylation is 1. The highest BCUT2D eigenvalue weighted by molar-refractivity contribution is 6.95. The Labute approximate surface area is 360 Å². The number of hydrogen-bond acceptors (Lipinski definition) is 4. The fourth-order valence-electron chi connectivity index (χ4n) is 11.9. The SMILES string of the molecule is Cc1cc2c3c(c1)N(c1ccc(C(C)(C)C)cc1)c1cc4c5c(oc4cc1B3C1=C(OC3C1C(C)(C)CCC3(C)C)N2c1ccc(C(C)(C)C)cc1)C(C)(C)CCC5(C)C. The number of anilines is 5. The quantitative estimate of drug-likeness (QED) is 0.166. The molecular weight excluding hydrogens is 731 g/mol. The summed E-state index contributed by atoms with van der Waals surface area (Å²) < 4.78 is 14.8. The maximum atomic E-state index is 7.63. The van der Waals surface area contributed by atoms with Crippen LogP contribution in [0.25, 0.3) is 11.0 Å². The number of benzene rings is 4. The molecule has 0 radical (unpaired) electrons. The van der Waals surface area contributed by atoms with Crippen molar-refractivity contribution in [1.29, 1.82) is 0 Å². The minimum atomic E-state index is -0.0338. The average molecular weight is 799 g/mol. The lowest BCUT2D eigenvalue weighted by molar-refractivity contribution is -0.0655. The lowest BCUT2D eigenvalue weighted by atomic mass is 9.30. The van der Waals surface area contributed by atoms with Crippen LogP contribution in [0.4, 0.5) is 28.4 Å². The Bertz CT molecular complexity index is 2620. The standard InChI is InChI=1S/C55H67BN2O2/c1-32-28-40-45-41(29-32)58(36-22-18-34(19-23-36)51(5,6)7)49-46(44-48(60-49)55(14,15)27-25-53(44,10)11)56(45)38-31-42-37(43-47(59-42)54(12,13)26-24-52(43,8)9)30-39(38)57(40)35-20-16-33(17-21-35)50(2,3)4/h16-23,28-31,44,48H,24-27H2,1-15H3. The second-order valence-corrected chi connectivity index (χ2v) is 24.1. The molecule has 0 bridgehead atoms. The van der Waals surface area contributed by atoms with Gasteiger partial charge in [-0.3, -0.25) is 4.90 Å². The molecule has 10 rings (SSSR count). The molecule has 1 saturated carbocycles. The first-order chi connectivity index (χ1) is 27.9. The monoisotopic (exact) mass is 799 g/mol. The van der Waals surface area contributed by atoms with Crippen molar-refractivity contribution < 1.29 is 9.15 Å². The zero-order valence-corrected chi connectivity index (χ0v) is 39.2. The molecule has 0 saturated heterocycles. The van der Waals surface area contributed by atoms with Crippen molar-refractivity contribution in [3.05, 3.63) is 112 Å². The van der Waals surface area contributed by atoms with Gasteiger partial charge in [0.05, 0.1) is 0 Å². The molecule has 2 aliphatic carbocycles. The summed E-state index contributed by atoms with van der Waals surface area (Å²) in [4.78, 5) is 5.11. The number of furan rings is 1. The molecule has 60 heavy (non-hydrogen) atoms. The van der Waals surface area contributed by atoms with E-state index in [9.17, 15) is 0 Å². The third kappa shape index (κ3) is 5.69. The van der Waals surface area contributed by atoms with Crippen LogP contribution in [-0.4, -0.2) is 12.8 Å². The van der Waals surface area contributed by atoms with Crippen LogP contribution in [-0.2, 0) is 26.4 Å². The Morgan fingerprint density at radius 3 is 1.73 bits per heavy atom. The van der Waals surface area contributed by atoms with Gasteiger partial charge in [-0.15, -0.1) is 0 Å². The molecule has 1 fully saturated rings. The number of ether oxygens (including phenoxy) is 1. The Balaban J connectivity index is 1.31. The molecule has 5 heteroatoms. The van der Waals surface area contributed by atoms with Crippen LogP contribution in [0, 0.1) is 23.7 Å². The third-order valence-corrected chi connectivity index (χ3v) is 15.8. The van der Waals surface area contributed by atoms with E-state index in [1.54, 1.807) is 0 Å². The van der Waals surface area contributed by atoms with Crippen molar-refractivity contribution in [3.8, 4) is 0 Å². The molecule has 312 valence electrons. The summed E-state index contributed by atoms with van der Waals surface area (Å²) >= 11 is 0. The summed E-state index contributed by atoms with van der Waals surface area (Å²) in [5.41, 5.74) is 16.7. The second-order valence-electron chi connectivity index (χ2n) is 24.1. The minimum Gasteiger partial charge on any atom is -0.475 e. The van der Waals surface area contributed by atoms with Crippen LogP contribution < -0.4 is 20.7 Å². The largest absolute Gasteiger partial charge is 0.475 e. The highest BCUT2D eigenvalue weighted by Gasteiger charge is 2.61. The molecule has 5 aromatic rings. The smallest absolute Gasteiger partial charge is 0.252 e. The number of hydrogen-bond donors (Lipinski definition) is 0. The van der Waals surface area contributed by atoms with Gasteiger partial charge in [0.2, 0.25) is 0 Å². The summed E-state index contributed by atoms with van der Waals surface area (Å²) in [6.07, 6.45) is 4.62. The maximum Gasteiger partial charge on any atom is 0.252 e. The minimum absolute atomic E-state index is 0.00604. The van der Waals surface area contributed by atoms with E-state index in [2.05, 4.69) is 186 Å². The second kappa shape index (κ2) is 12.4. The molecule has 2 unspecified atom stereocenters. The topological polar surface area (TPSA) is 28.9 Å². The van der Waals surface area contributed by atoms with Crippen LogP contribution in [0.1, 0.15) is 151 Å². The van der Waals surface area contributed by atoms with E-state index >= 15 is 0 Å². The van der Waals surface area contributed by atoms with Crippen molar-refractivity contribution in [1.82, 2.24) is 0 Å². The van der Waals surface area contributed by atoms with Crippen molar-refractivity contribution in [2.75, 3.05) is 9.80 Å². The van der Waals surface area contributed by atoms with Gasteiger partial charge in [0.1, 0.15) is 17.4 Å². The summed E-state index contributed by atoms with van der Waals surface area (Å²) in [5.74, 6) is 2.45. The molecule has 1 aromatic heterocycles. The van der Waals surface area contributed by atoms with Crippen molar-refractivity contribution in [2.45, 2.75) is 157 Å². The first-order valence-electron chi connectivity index (χ1n) is 22.9. The van der Waals surface area contributed by atoms with Crippen LogP contribution in [0.15, 0.2) is 88.6 Å². The number of rotatable bonds is 2. The lowest BCUT2D eigenvalue weighted by Gasteiger charge is -2.50. The molecule has 3 aliphatic heterocycles. The highest BCUT2D eigenvalue weighted by atomic mass is 16.5. The van der Waals surface area contributed by atoms with Crippen LogP contribution in [0.3, 0.4) is 0 Å². The third-order valence-electron chi connectivity index (χ3n) is 15.8. The first-order valence-corrected chi connectivity index (χ1v) is 22.9. The Morgan fingerprint density at radius 1 is 0.617 bits per heavy atom. The zero-order valence-electron chi connectivity index (χ0n) is 39.2. The summed E-state index contributed by atoms with van der Waals surface area (Å²) in [7, 11) is 0. The predicted octanol–water partition coefficient (Wildman–Crippen LogP) is 13.8. The number of fused-ring (bicyclic) bond motifs is 8. The number of nitrogens with zero attached hydrogens (tertiary/aromatic N) is 2. The van der Waals surface area contributed by atoms with Gasteiger partial charge in [-0.25, -0.2) is 0 Å². The van der Waals surface area contributed by atoms with Crippen LogP contribution in [0.2, 0.25) is 0 Å². The van der Waals surface area contributed by atoms with Gasteiger partial charge in [0, 0.05) is 56.1 Å². The van der Waals surface area contributed by atoms with E-state index in [1.807, 2.05) is 0 Å². The van der Waals surface area contributed by atoms with E-state index in [-0.39, 0.29) is 51.2 Å². The van der Waals surface area contributed by atoms with E-state index in [4.69, 9.17) is 9.15 Å². The first kappa shape index (κ1) is 39.7. The molecule has 0 amide bonds. The lowest BCUT2D eigenvalue weighted by Crippen LogP contribution is -2.58. The Morgan fingerprint density at radius 2 is 1.15 bits per heavy atom. The van der Waals surface area contributed by atoms with Gasteiger partial charge in [-0.05, 0) is 136 Å². The fourth-order valence-corrected chi connectivity index (χ4v) is 11.9. The van der Waals surface area contributed by atoms with E-state index in [0.29, 0.717) is 0 Å². The molecule has 4 nitrogen and oxygen atoms in total. The van der Waals surface area contributed by atoms with E-state index < -0.39 is 0 Å². The summed E-state index contributed by atoms with van der Waals surface area (Å²) in [6.45, 7) is 35.6. The van der Waals surface area contributed by atoms with Crippen molar-refractivity contribution in [3.63, 3.8) is 0 Å². The van der Waals surface area contributed by atoms with Gasteiger partial charge in [-0.1, -0.05) is 121 Å².